The van der Waals surface area contributed by atoms with E-state index < -0.39 is 6.43 Å². The standard InChI is InChI=1S/C19H26F2N4/c1-4-25(13-14(2)3)12-11-23-19-22-10-9-17(24-19)15-7-5-6-8-16(15)18(20)21/h5-10,14,18H,4,11-13H2,1-3H3,(H,22,23,24). The third kappa shape index (κ3) is 5.74. The summed E-state index contributed by atoms with van der Waals surface area (Å²) in [5, 5.41) is 3.19. The maximum atomic E-state index is 13.2. The summed E-state index contributed by atoms with van der Waals surface area (Å²) in [5.41, 5.74) is 0.933. The highest BCUT2D eigenvalue weighted by molar-refractivity contribution is 5.64. The number of benzene rings is 1. The first-order valence-electron chi connectivity index (χ1n) is 8.68. The molecule has 6 heteroatoms. The molecule has 1 N–H and O–H groups in total. The molecular formula is C19H26F2N4. The summed E-state index contributed by atoms with van der Waals surface area (Å²) in [6.45, 7) is 10.2. The summed E-state index contributed by atoms with van der Waals surface area (Å²) in [4.78, 5) is 10.9. The molecule has 0 radical (unpaired) electrons. The minimum Gasteiger partial charge on any atom is -0.353 e. The smallest absolute Gasteiger partial charge is 0.264 e. The number of alkyl halides is 2. The van der Waals surface area contributed by atoms with Crippen molar-refractivity contribution >= 4 is 5.95 Å². The molecule has 0 saturated carbocycles. The molecule has 4 nitrogen and oxygen atoms in total. The van der Waals surface area contributed by atoms with Gasteiger partial charge in [-0.25, -0.2) is 18.7 Å². The van der Waals surface area contributed by atoms with Crippen LogP contribution in [0.3, 0.4) is 0 Å². The predicted molar refractivity (Wildman–Crippen MR) is 97.9 cm³/mol. The lowest BCUT2D eigenvalue weighted by Crippen LogP contribution is -2.32. The van der Waals surface area contributed by atoms with Gasteiger partial charge in [0, 0.05) is 37.0 Å². The average molecular weight is 348 g/mol. The van der Waals surface area contributed by atoms with E-state index in [4.69, 9.17) is 0 Å². The van der Waals surface area contributed by atoms with Crippen LogP contribution in [0.4, 0.5) is 14.7 Å². The molecule has 0 aliphatic carbocycles. The van der Waals surface area contributed by atoms with Crippen molar-refractivity contribution in [2.24, 2.45) is 5.92 Å². The molecule has 0 saturated heterocycles. The van der Waals surface area contributed by atoms with Crippen molar-refractivity contribution in [3.05, 3.63) is 42.1 Å². The fraction of sp³-hybridized carbons (Fsp3) is 0.474. The fourth-order valence-electron chi connectivity index (χ4n) is 2.74. The normalized spacial score (nSPS) is 11.5. The van der Waals surface area contributed by atoms with E-state index >= 15 is 0 Å². The summed E-state index contributed by atoms with van der Waals surface area (Å²) in [7, 11) is 0. The Bertz CT molecular complexity index is 661. The zero-order valence-electron chi connectivity index (χ0n) is 15.0. The molecule has 1 aromatic heterocycles. The van der Waals surface area contributed by atoms with E-state index in [1.165, 1.54) is 6.07 Å². The Balaban J connectivity index is 2.05. The summed E-state index contributed by atoms with van der Waals surface area (Å²) in [6, 6.07) is 8.10. The van der Waals surface area contributed by atoms with Crippen molar-refractivity contribution in [1.82, 2.24) is 14.9 Å². The van der Waals surface area contributed by atoms with Gasteiger partial charge in [0.2, 0.25) is 5.95 Å². The molecule has 0 aliphatic heterocycles. The number of rotatable bonds is 9. The van der Waals surface area contributed by atoms with Gasteiger partial charge in [0.05, 0.1) is 5.69 Å². The monoisotopic (exact) mass is 348 g/mol. The van der Waals surface area contributed by atoms with Gasteiger partial charge < -0.3 is 10.2 Å². The van der Waals surface area contributed by atoms with Crippen LogP contribution in [0.15, 0.2) is 36.5 Å². The zero-order chi connectivity index (χ0) is 18.2. The van der Waals surface area contributed by atoms with Gasteiger partial charge in [-0.05, 0) is 18.5 Å². The Morgan fingerprint density at radius 1 is 1.16 bits per heavy atom. The van der Waals surface area contributed by atoms with Crippen molar-refractivity contribution in [2.45, 2.75) is 27.2 Å². The van der Waals surface area contributed by atoms with Crippen molar-refractivity contribution in [3.8, 4) is 11.3 Å². The first-order chi connectivity index (χ1) is 12.0. The van der Waals surface area contributed by atoms with Gasteiger partial charge in [0.1, 0.15) is 0 Å². The van der Waals surface area contributed by atoms with Gasteiger partial charge in [-0.3, -0.25) is 0 Å². The maximum Gasteiger partial charge on any atom is 0.264 e. The van der Waals surface area contributed by atoms with Gasteiger partial charge in [0.25, 0.3) is 6.43 Å². The lowest BCUT2D eigenvalue weighted by molar-refractivity contribution is 0.152. The molecular weight excluding hydrogens is 322 g/mol. The number of aromatic nitrogens is 2. The molecule has 25 heavy (non-hydrogen) atoms. The van der Waals surface area contributed by atoms with Crippen LogP contribution in [0, 0.1) is 5.92 Å². The molecule has 1 aromatic carbocycles. The van der Waals surface area contributed by atoms with Gasteiger partial charge in [-0.1, -0.05) is 45.0 Å². The Kier molecular flexibility index (Phi) is 7.25. The number of halogens is 2. The highest BCUT2D eigenvalue weighted by atomic mass is 19.3. The lowest BCUT2D eigenvalue weighted by atomic mass is 10.0. The predicted octanol–water partition coefficient (Wildman–Crippen LogP) is 4.47. The topological polar surface area (TPSA) is 41.0 Å². The van der Waals surface area contributed by atoms with E-state index in [2.05, 4.69) is 41.0 Å². The van der Waals surface area contributed by atoms with Crippen LogP contribution in [0.5, 0.6) is 0 Å². The van der Waals surface area contributed by atoms with E-state index in [0.717, 1.165) is 19.6 Å². The first-order valence-corrected chi connectivity index (χ1v) is 8.68. The van der Waals surface area contributed by atoms with Gasteiger partial charge >= 0.3 is 0 Å². The third-order valence-corrected chi connectivity index (χ3v) is 3.91. The largest absolute Gasteiger partial charge is 0.353 e. The Morgan fingerprint density at radius 2 is 1.92 bits per heavy atom. The molecule has 1 heterocycles. The third-order valence-electron chi connectivity index (χ3n) is 3.91. The second kappa shape index (κ2) is 9.42. The summed E-state index contributed by atoms with van der Waals surface area (Å²) < 4.78 is 26.4. The molecule has 0 spiro atoms. The molecule has 0 aliphatic rings. The minimum atomic E-state index is -2.53. The summed E-state index contributed by atoms with van der Waals surface area (Å²) in [5.74, 6) is 1.08. The van der Waals surface area contributed by atoms with Crippen LogP contribution >= 0.6 is 0 Å². The Morgan fingerprint density at radius 3 is 2.60 bits per heavy atom. The van der Waals surface area contributed by atoms with Crippen LogP contribution < -0.4 is 5.32 Å². The van der Waals surface area contributed by atoms with Gasteiger partial charge in [0.15, 0.2) is 0 Å². The average Bonchev–Trinajstić information content (AvgIpc) is 2.60. The van der Waals surface area contributed by atoms with Crippen molar-refractivity contribution in [3.63, 3.8) is 0 Å². The van der Waals surface area contributed by atoms with E-state index in [-0.39, 0.29) is 5.56 Å². The summed E-state index contributed by atoms with van der Waals surface area (Å²) in [6.07, 6.45) is -0.935. The van der Waals surface area contributed by atoms with Crippen LogP contribution in [0.1, 0.15) is 32.8 Å². The zero-order valence-corrected chi connectivity index (χ0v) is 15.0. The molecule has 2 aromatic rings. The lowest BCUT2D eigenvalue weighted by Gasteiger charge is -2.22. The molecule has 136 valence electrons. The summed E-state index contributed by atoms with van der Waals surface area (Å²) >= 11 is 0. The number of nitrogens with one attached hydrogen (secondary N) is 1. The number of nitrogens with zero attached hydrogens (tertiary/aromatic N) is 3. The highest BCUT2D eigenvalue weighted by Crippen LogP contribution is 2.29. The Hall–Kier alpha value is -2.08. The van der Waals surface area contributed by atoms with Crippen molar-refractivity contribution < 1.29 is 8.78 Å². The van der Waals surface area contributed by atoms with Crippen LogP contribution in [-0.2, 0) is 0 Å². The molecule has 0 amide bonds. The molecule has 2 rings (SSSR count). The molecule has 0 unspecified atom stereocenters. The number of hydrogen-bond acceptors (Lipinski definition) is 4. The second-order valence-corrected chi connectivity index (χ2v) is 6.37. The van der Waals surface area contributed by atoms with Crippen molar-refractivity contribution in [1.29, 1.82) is 0 Å². The number of likely N-dealkylation sites (N-methyl/N-ethyl adjacent to an activating group) is 1. The fourth-order valence-corrected chi connectivity index (χ4v) is 2.74. The minimum absolute atomic E-state index is 0.0127. The van der Waals surface area contributed by atoms with Crippen molar-refractivity contribution in [2.75, 3.05) is 31.5 Å². The highest BCUT2D eigenvalue weighted by Gasteiger charge is 2.14. The maximum absolute atomic E-state index is 13.2. The van der Waals surface area contributed by atoms with E-state index in [0.29, 0.717) is 29.7 Å². The number of anilines is 1. The van der Waals surface area contributed by atoms with E-state index in [9.17, 15) is 8.78 Å². The number of hydrogen-bond donors (Lipinski definition) is 1. The quantitative estimate of drug-likeness (QED) is 0.726. The van der Waals surface area contributed by atoms with E-state index in [1.54, 1.807) is 30.5 Å². The SMILES string of the molecule is CCN(CCNc1nccc(-c2ccccc2C(F)F)n1)CC(C)C. The molecule has 0 fully saturated rings. The van der Waals surface area contributed by atoms with Gasteiger partial charge in [-0.2, -0.15) is 0 Å². The van der Waals surface area contributed by atoms with Crippen LogP contribution in [0.25, 0.3) is 11.3 Å². The van der Waals surface area contributed by atoms with Crippen LogP contribution in [0.2, 0.25) is 0 Å². The van der Waals surface area contributed by atoms with Gasteiger partial charge in [-0.15, -0.1) is 0 Å². The molecule has 0 bridgehead atoms. The van der Waals surface area contributed by atoms with E-state index in [1.807, 2.05) is 0 Å². The van der Waals surface area contributed by atoms with Crippen LogP contribution in [-0.4, -0.2) is 41.0 Å². The Labute approximate surface area is 148 Å². The molecule has 0 atom stereocenters. The first kappa shape index (κ1) is 19.2. The second-order valence-electron chi connectivity index (χ2n) is 6.37.